The van der Waals surface area contributed by atoms with Crippen LogP contribution >= 0.6 is 0 Å². The molecular formula is C12H23N5O2S. The van der Waals surface area contributed by atoms with Crippen LogP contribution in [0.3, 0.4) is 0 Å². The molecule has 2 rings (SSSR count). The Kier molecular flexibility index (Phi) is 4.24. The maximum absolute atomic E-state index is 12.0. The number of piperidine rings is 1. The summed E-state index contributed by atoms with van der Waals surface area (Å²) in [6, 6.07) is 0.183. The summed E-state index contributed by atoms with van der Waals surface area (Å²) in [4.78, 5) is 2.13. The van der Waals surface area contributed by atoms with Crippen LogP contribution < -0.4 is 16.4 Å². The molecule has 4 N–H and O–H groups in total. The first kappa shape index (κ1) is 15.1. The highest BCUT2D eigenvalue weighted by Gasteiger charge is 2.29. The van der Waals surface area contributed by atoms with Gasteiger partial charge in [-0.3, -0.25) is 0 Å². The Labute approximate surface area is 119 Å². The van der Waals surface area contributed by atoms with Crippen molar-refractivity contribution >= 4 is 21.5 Å². The number of hydrogen-bond acceptors (Lipinski definition) is 6. The van der Waals surface area contributed by atoms with Gasteiger partial charge in [0.1, 0.15) is 5.82 Å². The van der Waals surface area contributed by atoms with Gasteiger partial charge in [-0.15, -0.1) is 0 Å². The molecule has 2 heterocycles. The topological polar surface area (TPSA) is 107 Å². The third-order valence-electron chi connectivity index (χ3n) is 3.57. The minimum absolute atomic E-state index is 0.154. The highest BCUT2D eigenvalue weighted by atomic mass is 32.2. The number of nitrogens with two attached hydrogens (primary N) is 2. The maximum atomic E-state index is 12.0. The lowest BCUT2D eigenvalue weighted by molar-refractivity contribution is 0.493. The third kappa shape index (κ3) is 2.90. The van der Waals surface area contributed by atoms with Gasteiger partial charge in [0.25, 0.3) is 0 Å². The molecule has 0 aromatic carbocycles. The first-order valence-electron chi connectivity index (χ1n) is 6.91. The molecule has 8 heteroatoms. The normalized spacial score (nSPS) is 17.6. The molecule has 1 aliphatic heterocycles. The van der Waals surface area contributed by atoms with E-state index < -0.39 is 9.84 Å². The quantitative estimate of drug-likeness (QED) is 0.823. The van der Waals surface area contributed by atoms with Gasteiger partial charge in [-0.2, -0.15) is 5.10 Å². The summed E-state index contributed by atoms with van der Waals surface area (Å²) in [5.41, 5.74) is 11.9. The lowest BCUT2D eigenvalue weighted by Crippen LogP contribution is -2.40. The number of rotatable bonds is 4. The number of nitrogen functional groups attached to an aromatic ring is 1. The fraction of sp³-hybridized carbons (Fsp3) is 0.750. The molecular weight excluding hydrogens is 278 g/mol. The molecule has 0 radical (unpaired) electrons. The lowest BCUT2D eigenvalue weighted by Gasteiger charge is -2.30. The molecule has 1 fully saturated rings. The van der Waals surface area contributed by atoms with E-state index in [0.29, 0.717) is 25.5 Å². The van der Waals surface area contributed by atoms with Crippen molar-refractivity contribution in [2.24, 2.45) is 5.73 Å². The van der Waals surface area contributed by atoms with Crippen molar-refractivity contribution in [1.29, 1.82) is 0 Å². The van der Waals surface area contributed by atoms with Gasteiger partial charge in [-0.1, -0.05) is 6.92 Å². The highest BCUT2D eigenvalue weighted by molar-refractivity contribution is 7.91. The smallest absolute Gasteiger partial charge is 0.182 e. The number of aryl methyl sites for hydroxylation is 1. The maximum Gasteiger partial charge on any atom is 0.182 e. The van der Waals surface area contributed by atoms with Crippen LogP contribution in [-0.4, -0.2) is 43.6 Å². The van der Waals surface area contributed by atoms with Crippen LogP contribution in [0, 0.1) is 0 Å². The Morgan fingerprint density at radius 3 is 2.45 bits per heavy atom. The van der Waals surface area contributed by atoms with Gasteiger partial charge in [0.05, 0.1) is 0 Å². The van der Waals surface area contributed by atoms with E-state index in [1.165, 1.54) is 6.26 Å². The summed E-state index contributed by atoms with van der Waals surface area (Å²) < 4.78 is 25.6. The molecule has 0 saturated carbocycles. The zero-order valence-electron chi connectivity index (χ0n) is 12.0. The van der Waals surface area contributed by atoms with Gasteiger partial charge in [-0.25, -0.2) is 13.1 Å². The minimum atomic E-state index is -3.41. The number of aromatic nitrogens is 2. The van der Waals surface area contributed by atoms with Crippen LogP contribution in [0.15, 0.2) is 4.90 Å². The van der Waals surface area contributed by atoms with Gasteiger partial charge < -0.3 is 16.4 Å². The van der Waals surface area contributed by atoms with Gasteiger partial charge in [0.15, 0.2) is 20.6 Å². The van der Waals surface area contributed by atoms with E-state index in [9.17, 15) is 8.42 Å². The largest absolute Gasteiger partial charge is 0.383 e. The Bertz CT molecular complexity index is 573. The molecule has 1 aromatic heterocycles. The van der Waals surface area contributed by atoms with E-state index in [-0.39, 0.29) is 16.8 Å². The van der Waals surface area contributed by atoms with E-state index in [2.05, 4.69) is 5.10 Å². The summed E-state index contributed by atoms with van der Waals surface area (Å²) in [5.74, 6) is 0.713. The Balaban J connectivity index is 2.43. The first-order chi connectivity index (χ1) is 9.34. The predicted molar refractivity (Wildman–Crippen MR) is 79.5 cm³/mol. The van der Waals surface area contributed by atoms with Crippen molar-refractivity contribution in [2.75, 3.05) is 30.0 Å². The Hall–Kier alpha value is -1.28. The second-order valence-electron chi connectivity index (χ2n) is 5.36. The van der Waals surface area contributed by atoms with Crippen molar-refractivity contribution in [3.8, 4) is 0 Å². The number of sulfone groups is 1. The van der Waals surface area contributed by atoms with Gasteiger partial charge in [0, 0.05) is 31.9 Å². The zero-order chi connectivity index (χ0) is 14.9. The Morgan fingerprint density at radius 2 is 1.95 bits per heavy atom. The Morgan fingerprint density at radius 1 is 1.35 bits per heavy atom. The van der Waals surface area contributed by atoms with E-state index in [0.717, 1.165) is 19.3 Å². The molecule has 1 aliphatic rings. The molecule has 0 aliphatic carbocycles. The molecule has 1 aromatic rings. The molecule has 0 spiro atoms. The van der Waals surface area contributed by atoms with Crippen molar-refractivity contribution in [2.45, 2.75) is 43.7 Å². The summed E-state index contributed by atoms with van der Waals surface area (Å²) in [6.07, 6.45) is 3.70. The third-order valence-corrected chi connectivity index (χ3v) is 4.71. The SMILES string of the molecule is CCCn1nc(N2CCC(N)CC2)c(S(C)(=O)=O)c1N. The second kappa shape index (κ2) is 5.61. The average molecular weight is 301 g/mol. The van der Waals surface area contributed by atoms with Crippen LogP contribution in [0.1, 0.15) is 26.2 Å². The van der Waals surface area contributed by atoms with Crippen LogP contribution in [-0.2, 0) is 16.4 Å². The number of hydrogen-bond donors (Lipinski definition) is 2. The summed E-state index contributed by atoms with van der Waals surface area (Å²) in [7, 11) is -3.41. The number of nitrogens with zero attached hydrogens (tertiary/aromatic N) is 3. The monoisotopic (exact) mass is 301 g/mol. The second-order valence-corrected chi connectivity index (χ2v) is 7.31. The van der Waals surface area contributed by atoms with Crippen molar-refractivity contribution in [3.63, 3.8) is 0 Å². The molecule has 0 unspecified atom stereocenters. The predicted octanol–water partition coefficient (Wildman–Crippen LogP) is 0.206. The van der Waals surface area contributed by atoms with Crippen molar-refractivity contribution in [1.82, 2.24) is 9.78 Å². The van der Waals surface area contributed by atoms with E-state index >= 15 is 0 Å². The fourth-order valence-electron chi connectivity index (χ4n) is 2.50. The summed E-state index contributed by atoms with van der Waals surface area (Å²) in [6.45, 7) is 4.04. The van der Waals surface area contributed by atoms with Gasteiger partial charge in [-0.05, 0) is 19.3 Å². The van der Waals surface area contributed by atoms with Gasteiger partial charge >= 0.3 is 0 Å². The summed E-state index contributed by atoms with van der Waals surface area (Å²) in [5, 5.41) is 4.41. The van der Waals surface area contributed by atoms with E-state index in [4.69, 9.17) is 11.5 Å². The molecule has 0 atom stereocenters. The van der Waals surface area contributed by atoms with Gasteiger partial charge in [0.2, 0.25) is 0 Å². The lowest BCUT2D eigenvalue weighted by atomic mass is 10.1. The first-order valence-corrected chi connectivity index (χ1v) is 8.80. The van der Waals surface area contributed by atoms with Crippen molar-refractivity contribution < 1.29 is 8.42 Å². The molecule has 0 bridgehead atoms. The van der Waals surface area contributed by atoms with Crippen LogP contribution in [0.25, 0.3) is 0 Å². The van der Waals surface area contributed by atoms with Crippen LogP contribution in [0.2, 0.25) is 0 Å². The zero-order valence-corrected chi connectivity index (χ0v) is 12.9. The van der Waals surface area contributed by atoms with Crippen LogP contribution in [0.4, 0.5) is 11.6 Å². The molecule has 0 amide bonds. The number of anilines is 2. The van der Waals surface area contributed by atoms with Crippen LogP contribution in [0.5, 0.6) is 0 Å². The molecule has 114 valence electrons. The standard InChI is InChI=1S/C12H23N5O2S/c1-3-6-17-11(14)10(20(2,18)19)12(15-17)16-7-4-9(13)5-8-16/h9H,3-8,13-14H2,1-2H3. The fourth-order valence-corrected chi connectivity index (χ4v) is 3.49. The summed E-state index contributed by atoms with van der Waals surface area (Å²) >= 11 is 0. The molecule has 1 saturated heterocycles. The average Bonchev–Trinajstić information content (AvgIpc) is 2.68. The highest BCUT2D eigenvalue weighted by Crippen LogP contribution is 2.31. The molecule has 20 heavy (non-hydrogen) atoms. The van der Waals surface area contributed by atoms with E-state index in [1.807, 2.05) is 11.8 Å². The van der Waals surface area contributed by atoms with Crippen molar-refractivity contribution in [3.05, 3.63) is 0 Å². The minimum Gasteiger partial charge on any atom is -0.383 e. The van der Waals surface area contributed by atoms with E-state index in [1.54, 1.807) is 4.68 Å². The molecule has 7 nitrogen and oxygen atoms in total.